The molecule has 15 heteroatoms. The number of aryl methyl sites for hydroxylation is 4. The number of halogens is 11. The zero-order valence-corrected chi connectivity index (χ0v) is 40.8. The van der Waals surface area contributed by atoms with Crippen molar-refractivity contribution in [3.63, 3.8) is 0 Å². The largest absolute Gasteiger partial charge is 0.426 e. The van der Waals surface area contributed by atoms with Crippen LogP contribution >= 0.6 is 23.2 Å². The molecule has 0 amide bonds. The smallest absolute Gasteiger partial charge is 0.417 e. The highest BCUT2D eigenvalue weighted by atomic mass is 35.5. The van der Waals surface area contributed by atoms with E-state index in [1.54, 1.807) is 0 Å². The fourth-order valence-corrected chi connectivity index (χ4v) is 12.4. The first-order valence-electron chi connectivity index (χ1n) is 24.4. The van der Waals surface area contributed by atoms with Crippen LogP contribution in [0.25, 0.3) is 59.9 Å². The van der Waals surface area contributed by atoms with Crippen molar-refractivity contribution in [2.24, 2.45) is 4.99 Å². The molecule has 4 nitrogen and oxygen atoms in total. The number of allylic oxidation sites excluding steroid dienone is 2. The van der Waals surface area contributed by atoms with Crippen LogP contribution < -0.4 is 4.74 Å². The zero-order chi connectivity index (χ0) is 52.3. The number of nitrogens with zero attached hydrogens (tertiary/aromatic N) is 1. The minimum Gasteiger partial charge on any atom is -0.426 e. The summed E-state index contributed by atoms with van der Waals surface area (Å²) in [5, 5.41) is -1.39. The number of hydrogen-bond acceptors (Lipinski definition) is 3. The molecule has 75 heavy (non-hydrogen) atoms. The van der Waals surface area contributed by atoms with Crippen LogP contribution in [0.5, 0.6) is 5.75 Å². The Labute approximate surface area is 432 Å². The van der Waals surface area contributed by atoms with E-state index in [2.05, 4.69) is 41.4 Å². The van der Waals surface area contributed by atoms with Crippen LogP contribution in [0.15, 0.2) is 138 Å². The van der Waals surface area contributed by atoms with E-state index in [-0.39, 0.29) is 78.3 Å². The van der Waals surface area contributed by atoms with Gasteiger partial charge in [-0.2, -0.15) is 39.5 Å². The molecule has 1 aliphatic heterocycles. The number of hydrogen-bond donors (Lipinski definition) is 1. The molecule has 0 atom stereocenters. The second kappa shape index (κ2) is 18.0. The van der Waals surface area contributed by atoms with Crippen molar-refractivity contribution in [2.75, 3.05) is 0 Å². The summed E-state index contributed by atoms with van der Waals surface area (Å²) in [6.07, 6.45) is -8.08. The Balaban J connectivity index is 0.878. The summed E-state index contributed by atoms with van der Waals surface area (Å²) in [5.41, 5.74) is 7.40. The molecule has 1 aromatic heterocycles. The van der Waals surface area contributed by atoms with Crippen molar-refractivity contribution in [3.8, 4) is 17.0 Å². The molecule has 1 N–H and O–H groups in total. The molecule has 0 saturated carbocycles. The van der Waals surface area contributed by atoms with Gasteiger partial charge in [-0.25, -0.2) is 4.99 Å². The molecule has 378 valence electrons. The normalized spacial score (nSPS) is 15.6. The van der Waals surface area contributed by atoms with Crippen molar-refractivity contribution in [1.82, 2.24) is 4.98 Å². The first-order chi connectivity index (χ1) is 35.8. The highest BCUT2D eigenvalue weighted by molar-refractivity contribution is 6.38. The maximum atomic E-state index is 14.9. The quantitative estimate of drug-likeness (QED) is 0.0568. The maximum absolute atomic E-state index is 14.9. The van der Waals surface area contributed by atoms with Crippen LogP contribution in [0.3, 0.4) is 0 Å². The van der Waals surface area contributed by atoms with Gasteiger partial charge >= 0.3 is 24.5 Å². The molecule has 12 rings (SSSR count). The van der Waals surface area contributed by atoms with Crippen LogP contribution in [0.1, 0.15) is 87.9 Å². The Bertz CT molecular complexity index is 3880. The summed E-state index contributed by atoms with van der Waals surface area (Å²) in [6.45, 7) is 0. The van der Waals surface area contributed by atoms with Gasteiger partial charge in [-0.15, -0.1) is 0 Å². The number of fused-ring (bicyclic) bond motifs is 8. The summed E-state index contributed by atoms with van der Waals surface area (Å²) in [4.78, 5) is 22.6. The van der Waals surface area contributed by atoms with E-state index in [9.17, 15) is 44.3 Å². The van der Waals surface area contributed by atoms with E-state index in [1.807, 2.05) is 24.3 Å². The monoisotopic (exact) mass is 1060 g/mol. The Morgan fingerprint density at radius 2 is 1.11 bits per heavy atom. The number of ether oxygens (including phenoxy) is 1. The number of benzene rings is 8. The predicted molar refractivity (Wildman–Crippen MR) is 276 cm³/mol. The lowest BCUT2D eigenvalue weighted by Crippen LogP contribution is -2.12. The summed E-state index contributed by atoms with van der Waals surface area (Å²) in [5.74, 6) is -0.697. The fraction of sp³-hybridized carbons (Fsp3) is 0.200. The molecule has 0 unspecified atom stereocenters. The molecule has 9 aromatic rings. The number of esters is 1. The van der Waals surface area contributed by atoms with Gasteiger partial charge in [-0.05, 0) is 147 Å². The third-order valence-corrected chi connectivity index (χ3v) is 15.4. The third kappa shape index (κ3) is 8.43. The van der Waals surface area contributed by atoms with Gasteiger partial charge in [0, 0.05) is 57.6 Å². The fourth-order valence-electron chi connectivity index (χ4n) is 11.7. The average Bonchev–Trinajstić information content (AvgIpc) is 3.90. The Hall–Kier alpha value is -7.09. The van der Waals surface area contributed by atoms with Crippen LogP contribution in [0, 0.1) is 0 Å². The van der Waals surface area contributed by atoms with Crippen molar-refractivity contribution in [2.45, 2.75) is 76.3 Å². The Kier molecular flexibility index (Phi) is 11.7. The Morgan fingerprint density at radius 3 is 1.72 bits per heavy atom. The molecule has 8 aromatic carbocycles. The van der Waals surface area contributed by atoms with E-state index in [4.69, 9.17) is 32.9 Å². The first kappa shape index (κ1) is 48.8. The molecular weight excluding hydrogens is 1020 g/mol. The summed E-state index contributed by atoms with van der Waals surface area (Å²) < 4.78 is 137. The summed E-state index contributed by atoms with van der Waals surface area (Å²) in [6, 6.07) is 29.4. The van der Waals surface area contributed by atoms with Crippen molar-refractivity contribution in [1.29, 1.82) is 0 Å². The highest BCUT2D eigenvalue weighted by Crippen LogP contribution is 2.51. The summed E-state index contributed by atoms with van der Waals surface area (Å²) >= 11 is 14.4. The van der Waals surface area contributed by atoms with Gasteiger partial charge in [0.15, 0.2) is 0 Å². The summed E-state index contributed by atoms with van der Waals surface area (Å²) in [7, 11) is 0. The third-order valence-electron chi connectivity index (χ3n) is 14.8. The molecule has 0 fully saturated rings. The second-order valence-electron chi connectivity index (χ2n) is 19.3. The molecule has 0 radical (unpaired) electrons. The van der Waals surface area contributed by atoms with E-state index in [1.165, 1.54) is 35.4 Å². The second-order valence-corrected chi connectivity index (χ2v) is 20.1. The van der Waals surface area contributed by atoms with Gasteiger partial charge in [-0.3, -0.25) is 4.79 Å². The van der Waals surface area contributed by atoms with Gasteiger partial charge in [0.2, 0.25) is 0 Å². The molecule has 0 saturated heterocycles. The van der Waals surface area contributed by atoms with Crippen LogP contribution in [0.2, 0.25) is 10.0 Å². The van der Waals surface area contributed by atoms with E-state index >= 15 is 0 Å². The number of rotatable bonds is 7. The number of aliphatic imine (C=N–C) groups is 1. The van der Waals surface area contributed by atoms with Crippen molar-refractivity contribution in [3.05, 3.63) is 198 Å². The van der Waals surface area contributed by atoms with Gasteiger partial charge in [0.1, 0.15) is 5.75 Å². The molecular formula is C60H39Cl2F9N2O2. The van der Waals surface area contributed by atoms with Gasteiger partial charge in [-0.1, -0.05) is 102 Å². The van der Waals surface area contributed by atoms with E-state index in [0.29, 0.717) is 29.0 Å². The van der Waals surface area contributed by atoms with Crippen LogP contribution in [-0.4, -0.2) is 16.7 Å². The molecule has 2 aliphatic carbocycles. The highest BCUT2D eigenvalue weighted by Gasteiger charge is 2.41. The molecule has 3 aliphatic rings. The number of nitrogens with one attached hydrogen (secondary N) is 1. The number of aromatic nitrogens is 1. The predicted octanol–water partition coefficient (Wildman–Crippen LogP) is 18.0. The van der Waals surface area contributed by atoms with Gasteiger partial charge < -0.3 is 9.72 Å². The van der Waals surface area contributed by atoms with Crippen molar-refractivity contribution < 1.29 is 49.0 Å². The molecule has 0 spiro atoms. The lowest BCUT2D eigenvalue weighted by atomic mass is 9.83. The topological polar surface area (TPSA) is 54.4 Å². The zero-order valence-electron chi connectivity index (χ0n) is 39.3. The number of carbonyl (C=O) groups excluding carboxylic acids is 1. The number of carbonyl (C=O) groups is 1. The standard InChI is InChI=1S/C60H39Cl2F9N2O2/c61-45-28-35(29-46(62)54(45)55(47-26-33-13-5-10-30-8-1-3-15-36(30)56(33)72-47)48-27-34-14-6-11-31-9-2-4-16-37(31)57(34)73-48)75-49(74)17-7-12-32-18-19-38-40-21-24-43(59(66,67)68)53-44(60(69,70)71)25-22-41(52(40)53)39-20-23-42(58(63,64)65)50(32)51(38)39/h1-4,8-9,15-16,18-29,72H,5-7,10-14,17H2/b55-48+. The van der Waals surface area contributed by atoms with Gasteiger partial charge in [0.05, 0.1) is 38.1 Å². The minimum absolute atomic E-state index is 0.000589. The van der Waals surface area contributed by atoms with Crippen LogP contribution in [-0.2, 0) is 49.0 Å². The number of aromatic amines is 1. The minimum atomic E-state index is -5.17. The van der Waals surface area contributed by atoms with Crippen molar-refractivity contribution >= 4 is 83.5 Å². The average molecular weight is 1060 g/mol. The molecule has 2 heterocycles. The van der Waals surface area contributed by atoms with Crippen LogP contribution in [0.4, 0.5) is 39.5 Å². The Morgan fingerprint density at radius 1 is 0.587 bits per heavy atom. The maximum Gasteiger partial charge on any atom is 0.417 e. The lowest BCUT2D eigenvalue weighted by Gasteiger charge is -2.23. The SMILES string of the molecule is O=C(CCCc1ccc2c3ccc(C(F)(F)F)c4c(C(F)(F)F)ccc(c5ccc(C(F)(F)F)c1c25)c43)Oc1cc(Cl)c(/C(=C2\C=C3CCCc4ccccc4C3=N2)c2cc3c([nH]2)-c2ccccc2CCC3)c(Cl)c1. The number of alkyl halides is 9. The lowest BCUT2D eigenvalue weighted by molar-refractivity contribution is -0.140. The number of H-pyrrole nitrogens is 1. The van der Waals surface area contributed by atoms with Gasteiger partial charge in [0.25, 0.3) is 0 Å². The first-order valence-corrected chi connectivity index (χ1v) is 25.1. The molecule has 0 bridgehead atoms. The van der Waals surface area contributed by atoms with E-state index < -0.39 is 46.6 Å². The van der Waals surface area contributed by atoms with E-state index in [0.717, 1.165) is 102 Å².